The Morgan fingerprint density at radius 2 is 1.66 bits per heavy atom. The molecule has 0 saturated heterocycles. The van der Waals surface area contributed by atoms with Crippen LogP contribution < -0.4 is 9.64 Å². The number of anilines is 1. The van der Waals surface area contributed by atoms with Crippen molar-refractivity contribution >= 4 is 39.0 Å². The highest BCUT2D eigenvalue weighted by Gasteiger charge is 2.18. The molecule has 7 rings (SSSR count). The first kappa shape index (κ1) is 22.6. The Morgan fingerprint density at radius 3 is 2.53 bits per heavy atom. The Kier molecular flexibility index (Phi) is 5.37. The summed E-state index contributed by atoms with van der Waals surface area (Å²) in [6.07, 6.45) is 5.99. The summed E-state index contributed by atoms with van der Waals surface area (Å²) >= 11 is 1.67. The average molecular weight is 516 g/mol. The van der Waals surface area contributed by atoms with E-state index >= 15 is 0 Å². The van der Waals surface area contributed by atoms with Crippen molar-refractivity contribution < 1.29 is 4.74 Å². The first-order valence-electron chi connectivity index (χ1n) is 12.5. The zero-order valence-corrected chi connectivity index (χ0v) is 21.9. The molecular formula is C31H25N5OS. The van der Waals surface area contributed by atoms with Gasteiger partial charge in [-0.2, -0.15) is 0 Å². The topological polar surface area (TPSA) is 46.4 Å². The highest BCUT2D eigenvalue weighted by atomic mass is 32.1. The summed E-state index contributed by atoms with van der Waals surface area (Å²) in [5.41, 5.74) is 5.18. The van der Waals surface area contributed by atoms with E-state index in [0.717, 1.165) is 61.7 Å². The van der Waals surface area contributed by atoms with Crippen LogP contribution in [0.15, 0.2) is 104 Å². The zero-order valence-electron chi connectivity index (χ0n) is 21.1. The van der Waals surface area contributed by atoms with Gasteiger partial charge in [0.25, 0.3) is 0 Å². The minimum atomic E-state index is 0.779. The van der Waals surface area contributed by atoms with Crippen LogP contribution in [-0.4, -0.2) is 33.2 Å². The molecule has 0 aliphatic carbocycles. The number of thiazole rings is 1. The van der Waals surface area contributed by atoms with E-state index in [-0.39, 0.29) is 0 Å². The van der Waals surface area contributed by atoms with E-state index in [1.807, 2.05) is 36.5 Å². The van der Waals surface area contributed by atoms with Gasteiger partial charge in [-0.3, -0.25) is 4.57 Å². The van der Waals surface area contributed by atoms with Gasteiger partial charge >= 0.3 is 0 Å². The number of aromatic nitrogens is 3. The van der Waals surface area contributed by atoms with E-state index in [1.165, 1.54) is 5.39 Å². The summed E-state index contributed by atoms with van der Waals surface area (Å²) in [5, 5.41) is 4.36. The molecule has 0 atom stereocenters. The number of benzene rings is 3. The van der Waals surface area contributed by atoms with Crippen molar-refractivity contribution in [3.63, 3.8) is 0 Å². The molecule has 0 unspecified atom stereocenters. The van der Waals surface area contributed by atoms with E-state index in [9.17, 15) is 0 Å². The number of hydrogen-bond acceptors (Lipinski definition) is 6. The van der Waals surface area contributed by atoms with Crippen LogP contribution in [0.2, 0.25) is 0 Å². The molecule has 186 valence electrons. The van der Waals surface area contributed by atoms with E-state index in [4.69, 9.17) is 14.7 Å². The number of rotatable bonds is 5. The molecule has 0 fully saturated rings. The van der Waals surface area contributed by atoms with Crippen LogP contribution in [0.25, 0.3) is 37.5 Å². The van der Waals surface area contributed by atoms with Crippen LogP contribution in [0.5, 0.6) is 11.5 Å². The second-order valence-electron chi connectivity index (χ2n) is 9.43. The molecule has 1 aliphatic rings. The number of fused-ring (bicyclic) bond motifs is 3. The highest BCUT2D eigenvalue weighted by Crippen LogP contribution is 2.38. The van der Waals surface area contributed by atoms with Crippen LogP contribution in [0.3, 0.4) is 0 Å². The maximum atomic E-state index is 6.29. The lowest BCUT2D eigenvalue weighted by Gasteiger charge is -2.19. The van der Waals surface area contributed by atoms with Gasteiger partial charge in [-0.05, 0) is 49.4 Å². The third-order valence-electron chi connectivity index (χ3n) is 6.75. The summed E-state index contributed by atoms with van der Waals surface area (Å²) in [6, 6.07) is 28.9. The molecule has 0 radical (unpaired) electrons. The Hall–Kier alpha value is -4.62. The fraction of sp³-hybridized carbons (Fsp3) is 0.0968. The number of hydrogen-bond donors (Lipinski definition) is 0. The molecule has 1 aliphatic heterocycles. The monoisotopic (exact) mass is 515 g/mol. The van der Waals surface area contributed by atoms with Crippen LogP contribution >= 0.6 is 11.3 Å². The zero-order chi connectivity index (χ0) is 25.6. The second-order valence-corrected chi connectivity index (χ2v) is 10.4. The maximum Gasteiger partial charge on any atom is 0.146 e. The lowest BCUT2D eigenvalue weighted by molar-refractivity contribution is 0.481. The SMILES string of the molecule is Cc1nc(-c2cccc(Oc3cccc(N4C=CN(C)C4)c3)c2)sc1-n1c2ccccc2c2cccnc21. The van der Waals surface area contributed by atoms with Gasteiger partial charge in [0.05, 0.1) is 17.9 Å². The summed E-state index contributed by atoms with van der Waals surface area (Å²) in [4.78, 5) is 14.0. The van der Waals surface area contributed by atoms with Gasteiger partial charge in [0.2, 0.25) is 0 Å². The van der Waals surface area contributed by atoms with Crippen molar-refractivity contribution in [2.24, 2.45) is 0 Å². The smallest absolute Gasteiger partial charge is 0.146 e. The molecule has 0 bridgehead atoms. The van der Waals surface area contributed by atoms with Gasteiger partial charge in [0.15, 0.2) is 0 Å². The summed E-state index contributed by atoms with van der Waals surface area (Å²) < 4.78 is 8.52. The molecule has 38 heavy (non-hydrogen) atoms. The van der Waals surface area contributed by atoms with Crippen molar-refractivity contribution in [1.82, 2.24) is 19.4 Å². The molecule has 4 heterocycles. The number of aryl methyl sites for hydroxylation is 1. The highest BCUT2D eigenvalue weighted by molar-refractivity contribution is 7.17. The maximum absolute atomic E-state index is 6.29. The Balaban J connectivity index is 1.23. The van der Waals surface area contributed by atoms with Crippen molar-refractivity contribution in [1.29, 1.82) is 0 Å². The van der Waals surface area contributed by atoms with Crippen molar-refractivity contribution in [3.8, 4) is 27.1 Å². The minimum absolute atomic E-state index is 0.779. The van der Waals surface area contributed by atoms with Gasteiger partial charge in [0.1, 0.15) is 27.2 Å². The van der Waals surface area contributed by atoms with Crippen LogP contribution in [0, 0.1) is 6.92 Å². The van der Waals surface area contributed by atoms with Crippen LogP contribution in [0.4, 0.5) is 5.69 Å². The summed E-state index contributed by atoms with van der Waals surface area (Å²) in [7, 11) is 2.06. The first-order valence-corrected chi connectivity index (χ1v) is 13.3. The third kappa shape index (κ3) is 3.88. The average Bonchev–Trinajstić information content (AvgIpc) is 3.64. The van der Waals surface area contributed by atoms with E-state index < -0.39 is 0 Å². The van der Waals surface area contributed by atoms with Gasteiger partial charge < -0.3 is 14.5 Å². The molecule has 6 aromatic rings. The summed E-state index contributed by atoms with van der Waals surface area (Å²) in [5.74, 6) is 1.58. The van der Waals surface area contributed by atoms with Gasteiger partial charge in [-0.1, -0.05) is 47.7 Å². The standard InChI is InChI=1S/C31H25N5OS/c1-21-31(36-28-14-4-3-12-26(28)27-13-7-15-32-29(27)36)38-30(33-21)22-8-5-10-24(18-22)37-25-11-6-9-23(19-25)35-17-16-34(2)20-35/h3-19H,20H2,1-2H3. The molecule has 3 aromatic heterocycles. The molecule has 0 saturated carbocycles. The van der Waals surface area contributed by atoms with Crippen molar-refractivity contribution in [2.75, 3.05) is 18.6 Å². The van der Waals surface area contributed by atoms with E-state index in [2.05, 4.69) is 95.3 Å². The largest absolute Gasteiger partial charge is 0.457 e. The molecule has 3 aromatic carbocycles. The number of nitrogens with zero attached hydrogens (tertiary/aromatic N) is 5. The Morgan fingerprint density at radius 1 is 0.842 bits per heavy atom. The van der Waals surface area contributed by atoms with Gasteiger partial charge in [-0.25, -0.2) is 9.97 Å². The fourth-order valence-corrected chi connectivity index (χ4v) is 6.05. The molecule has 0 amide bonds. The van der Waals surface area contributed by atoms with Crippen LogP contribution in [0.1, 0.15) is 5.69 Å². The normalized spacial score (nSPS) is 13.2. The van der Waals surface area contributed by atoms with Gasteiger partial charge in [-0.15, -0.1) is 0 Å². The first-order chi connectivity index (χ1) is 18.6. The minimum Gasteiger partial charge on any atom is -0.457 e. The number of para-hydroxylation sites is 1. The lowest BCUT2D eigenvalue weighted by atomic mass is 10.2. The molecule has 0 N–H and O–H groups in total. The van der Waals surface area contributed by atoms with Crippen molar-refractivity contribution in [3.05, 3.63) is 109 Å². The van der Waals surface area contributed by atoms with Gasteiger partial charge in [0, 0.05) is 53.7 Å². The summed E-state index contributed by atoms with van der Waals surface area (Å²) in [6.45, 7) is 2.89. The van der Waals surface area contributed by atoms with Crippen LogP contribution in [-0.2, 0) is 0 Å². The van der Waals surface area contributed by atoms with Crippen molar-refractivity contribution in [2.45, 2.75) is 6.92 Å². The fourth-order valence-electron chi connectivity index (χ4n) is 4.97. The lowest BCUT2D eigenvalue weighted by Crippen LogP contribution is -2.21. The Bertz CT molecular complexity index is 1780. The molecule has 6 nitrogen and oxygen atoms in total. The third-order valence-corrected chi connectivity index (χ3v) is 7.94. The predicted octanol–water partition coefficient (Wildman–Crippen LogP) is 7.58. The van der Waals surface area contributed by atoms with E-state index in [1.54, 1.807) is 11.3 Å². The molecule has 7 heteroatoms. The Labute approximate surface area is 224 Å². The second kappa shape index (κ2) is 9.04. The number of pyridine rings is 1. The number of ether oxygens (including phenoxy) is 1. The van der Waals surface area contributed by atoms with E-state index in [0.29, 0.717) is 0 Å². The molecular weight excluding hydrogens is 490 g/mol. The predicted molar refractivity (Wildman–Crippen MR) is 155 cm³/mol. The quantitative estimate of drug-likeness (QED) is 0.237. The molecule has 0 spiro atoms.